The van der Waals surface area contributed by atoms with Gasteiger partial charge in [0.25, 0.3) is 0 Å². The van der Waals surface area contributed by atoms with Crippen molar-refractivity contribution in [3.8, 4) is 0 Å². The maximum Gasteiger partial charge on any atom is 0.0933 e. The fourth-order valence-electron chi connectivity index (χ4n) is 4.86. The van der Waals surface area contributed by atoms with E-state index in [1.807, 2.05) is 0 Å². The van der Waals surface area contributed by atoms with Gasteiger partial charge >= 0.3 is 0 Å². The van der Waals surface area contributed by atoms with Crippen LogP contribution in [0.1, 0.15) is 36.8 Å². The van der Waals surface area contributed by atoms with Gasteiger partial charge in [0, 0.05) is 10.2 Å². The molecule has 4 rings (SSSR count). The lowest BCUT2D eigenvalue weighted by Gasteiger charge is -2.34. The Hall–Kier alpha value is -1.12. The fraction of sp³-hybridized carbons (Fsp3) is 0.474. The van der Waals surface area contributed by atoms with Crippen molar-refractivity contribution in [1.82, 2.24) is 0 Å². The molecule has 2 aliphatic rings. The van der Waals surface area contributed by atoms with Crippen molar-refractivity contribution in [2.45, 2.75) is 43.7 Å². The maximum atomic E-state index is 11.4. The summed E-state index contributed by atoms with van der Waals surface area (Å²) >= 11 is 0. The van der Waals surface area contributed by atoms with Gasteiger partial charge in [-0.3, -0.25) is 0 Å². The van der Waals surface area contributed by atoms with Gasteiger partial charge < -0.3 is 5.11 Å². The highest BCUT2D eigenvalue weighted by Crippen LogP contribution is 2.56. The van der Waals surface area contributed by atoms with Crippen LogP contribution in [0.15, 0.2) is 36.4 Å². The molecule has 1 N–H and O–H groups in total. The van der Waals surface area contributed by atoms with Crippen LogP contribution in [0, 0.1) is 11.8 Å². The molecule has 110 valence electrons. The Bertz CT molecular complexity index is 680. The fourth-order valence-corrected chi connectivity index (χ4v) is 5.40. The SMILES string of the molecule is OC1(c2ccc(CC[SiH3])c3ccccc23)CC2CCC1C2. The molecule has 2 fully saturated rings. The second-order valence-electron chi connectivity index (χ2n) is 7.07. The lowest BCUT2D eigenvalue weighted by Crippen LogP contribution is -2.32. The third-order valence-corrected chi connectivity index (χ3v) is 6.32. The number of rotatable bonds is 3. The molecule has 1 nitrogen and oxygen atoms in total. The standard InChI is InChI=1S/C19H24OSi/c20-19(12-13-5-7-15(19)11-13)18-8-6-14(9-10-21)16-3-1-2-4-17(16)18/h1-4,6,8,13,15,20H,5,7,9-12H2,21H3. The highest BCUT2D eigenvalue weighted by atomic mass is 28.1. The first-order chi connectivity index (χ1) is 10.2. The number of benzene rings is 2. The van der Waals surface area contributed by atoms with Crippen molar-refractivity contribution in [2.75, 3.05) is 0 Å². The Kier molecular flexibility index (Phi) is 3.20. The summed E-state index contributed by atoms with van der Waals surface area (Å²) in [4.78, 5) is 0. The summed E-state index contributed by atoms with van der Waals surface area (Å²) in [5.74, 6) is 1.23. The molecule has 2 heteroatoms. The first-order valence-electron chi connectivity index (χ1n) is 8.46. The van der Waals surface area contributed by atoms with E-state index in [4.69, 9.17) is 0 Å². The van der Waals surface area contributed by atoms with E-state index in [-0.39, 0.29) is 0 Å². The minimum atomic E-state index is -0.567. The molecule has 0 aromatic heterocycles. The molecule has 3 unspecified atom stereocenters. The summed E-state index contributed by atoms with van der Waals surface area (Å²) in [6, 6.07) is 14.5. The van der Waals surface area contributed by atoms with Gasteiger partial charge in [0.2, 0.25) is 0 Å². The average molecular weight is 296 g/mol. The van der Waals surface area contributed by atoms with Crippen LogP contribution < -0.4 is 0 Å². The molecule has 2 aromatic rings. The molecule has 0 aliphatic heterocycles. The Labute approximate surface area is 129 Å². The van der Waals surface area contributed by atoms with E-state index in [0.29, 0.717) is 5.92 Å². The zero-order valence-corrected chi connectivity index (χ0v) is 14.8. The van der Waals surface area contributed by atoms with Gasteiger partial charge in [-0.25, -0.2) is 0 Å². The zero-order valence-electron chi connectivity index (χ0n) is 12.8. The summed E-state index contributed by atoms with van der Waals surface area (Å²) in [7, 11) is 1.25. The number of fused-ring (bicyclic) bond motifs is 3. The van der Waals surface area contributed by atoms with Crippen LogP contribution in [0.25, 0.3) is 10.8 Å². The minimum Gasteiger partial charge on any atom is -0.385 e. The van der Waals surface area contributed by atoms with Crippen LogP contribution >= 0.6 is 0 Å². The van der Waals surface area contributed by atoms with Crippen molar-refractivity contribution in [1.29, 1.82) is 0 Å². The molecular formula is C19H24OSi. The Morgan fingerprint density at radius 2 is 1.90 bits per heavy atom. The number of hydrogen-bond acceptors (Lipinski definition) is 1. The molecule has 0 amide bonds. The predicted octanol–water partition coefficient (Wildman–Crippen LogP) is 3.17. The monoisotopic (exact) mass is 296 g/mol. The summed E-state index contributed by atoms with van der Waals surface area (Å²) < 4.78 is 0. The number of aliphatic hydroxyl groups is 1. The third-order valence-electron chi connectivity index (χ3n) is 5.82. The summed E-state index contributed by atoms with van der Waals surface area (Å²) in [6.45, 7) is 0. The van der Waals surface area contributed by atoms with Crippen molar-refractivity contribution in [3.05, 3.63) is 47.5 Å². The van der Waals surface area contributed by atoms with Gasteiger partial charge in [-0.15, -0.1) is 0 Å². The lowest BCUT2D eigenvalue weighted by molar-refractivity contribution is -0.0168. The normalized spacial score (nSPS) is 31.3. The van der Waals surface area contributed by atoms with Crippen LogP contribution in [0.5, 0.6) is 0 Å². The van der Waals surface area contributed by atoms with Crippen LogP contribution in [0.4, 0.5) is 0 Å². The topological polar surface area (TPSA) is 20.2 Å². The lowest BCUT2D eigenvalue weighted by atomic mass is 9.76. The van der Waals surface area contributed by atoms with E-state index >= 15 is 0 Å². The summed E-state index contributed by atoms with van der Waals surface area (Å²) in [6.07, 6.45) is 5.91. The van der Waals surface area contributed by atoms with E-state index < -0.39 is 5.60 Å². The van der Waals surface area contributed by atoms with Crippen molar-refractivity contribution < 1.29 is 5.11 Å². The van der Waals surface area contributed by atoms with E-state index in [1.165, 1.54) is 63.9 Å². The van der Waals surface area contributed by atoms with Crippen LogP contribution in [0.3, 0.4) is 0 Å². The van der Waals surface area contributed by atoms with Crippen LogP contribution in [-0.2, 0) is 12.0 Å². The van der Waals surface area contributed by atoms with Gasteiger partial charge in [0.1, 0.15) is 0 Å². The Balaban J connectivity index is 1.88. The van der Waals surface area contributed by atoms with E-state index in [1.54, 1.807) is 0 Å². The van der Waals surface area contributed by atoms with Crippen molar-refractivity contribution in [3.63, 3.8) is 0 Å². The second kappa shape index (κ2) is 4.96. The molecule has 2 aliphatic carbocycles. The first kappa shape index (κ1) is 13.5. The molecule has 0 saturated heterocycles. The van der Waals surface area contributed by atoms with Gasteiger partial charge in [-0.1, -0.05) is 42.4 Å². The largest absolute Gasteiger partial charge is 0.385 e. The molecule has 2 saturated carbocycles. The smallest absolute Gasteiger partial charge is 0.0933 e. The van der Waals surface area contributed by atoms with Gasteiger partial charge in [0.15, 0.2) is 0 Å². The molecule has 0 spiro atoms. The van der Waals surface area contributed by atoms with Crippen molar-refractivity contribution >= 4 is 21.0 Å². The molecule has 2 aromatic carbocycles. The maximum absolute atomic E-state index is 11.4. The van der Waals surface area contributed by atoms with Crippen LogP contribution in [-0.4, -0.2) is 15.3 Å². The first-order valence-corrected chi connectivity index (χ1v) is 9.87. The predicted molar refractivity (Wildman–Crippen MR) is 91.7 cm³/mol. The Morgan fingerprint density at radius 3 is 2.57 bits per heavy atom. The highest BCUT2D eigenvalue weighted by Gasteiger charge is 2.51. The molecule has 3 atom stereocenters. The molecule has 2 bridgehead atoms. The van der Waals surface area contributed by atoms with Gasteiger partial charge in [-0.05, 0) is 65.8 Å². The second-order valence-corrected chi connectivity index (χ2v) is 8.07. The van der Waals surface area contributed by atoms with Gasteiger partial charge in [0.05, 0.1) is 5.60 Å². The summed E-state index contributed by atoms with van der Waals surface area (Å²) in [5, 5.41) is 14.0. The molecule has 0 heterocycles. The number of aryl methyl sites for hydroxylation is 1. The third kappa shape index (κ3) is 2.00. The van der Waals surface area contributed by atoms with E-state index in [2.05, 4.69) is 36.4 Å². The zero-order chi connectivity index (χ0) is 14.4. The highest BCUT2D eigenvalue weighted by molar-refractivity contribution is 6.08. The van der Waals surface area contributed by atoms with Crippen LogP contribution in [0.2, 0.25) is 6.04 Å². The molecule has 21 heavy (non-hydrogen) atoms. The average Bonchev–Trinajstić information content (AvgIpc) is 3.08. The summed E-state index contributed by atoms with van der Waals surface area (Å²) in [5.41, 5.74) is 2.08. The Morgan fingerprint density at radius 1 is 1.10 bits per heavy atom. The molecular weight excluding hydrogens is 272 g/mol. The quantitative estimate of drug-likeness (QED) is 0.863. The van der Waals surface area contributed by atoms with Gasteiger partial charge in [-0.2, -0.15) is 0 Å². The number of hydrogen-bond donors (Lipinski definition) is 1. The molecule has 0 radical (unpaired) electrons. The minimum absolute atomic E-state index is 0.482. The van der Waals surface area contributed by atoms with Crippen molar-refractivity contribution in [2.24, 2.45) is 11.8 Å². The van der Waals surface area contributed by atoms with E-state index in [0.717, 1.165) is 12.3 Å². The van der Waals surface area contributed by atoms with E-state index in [9.17, 15) is 5.11 Å².